The highest BCUT2D eigenvalue weighted by atomic mass is 35.5. The summed E-state index contributed by atoms with van der Waals surface area (Å²) in [7, 11) is 1.43. The molecule has 0 unspecified atom stereocenters. The Labute approximate surface area is 47.4 Å². The third-order valence-corrected chi connectivity index (χ3v) is 0.311. The van der Waals surface area contributed by atoms with Gasteiger partial charge in [0.2, 0.25) is 0 Å². The fraction of sp³-hybridized carbons (Fsp3) is 0.500. The summed E-state index contributed by atoms with van der Waals surface area (Å²) in [5.74, 6) is 4.37. The van der Waals surface area contributed by atoms with Crippen LogP contribution in [-0.2, 0) is 4.84 Å². The summed E-state index contributed by atoms with van der Waals surface area (Å²) in [6.07, 6.45) is -0.630. The summed E-state index contributed by atoms with van der Waals surface area (Å²) in [4.78, 5) is 13.4. The van der Waals surface area contributed by atoms with Gasteiger partial charge in [0.05, 0.1) is 0 Å². The molecule has 7 heavy (non-hydrogen) atoms. The van der Waals surface area contributed by atoms with Gasteiger partial charge in [-0.3, -0.25) is 0 Å². The van der Waals surface area contributed by atoms with E-state index >= 15 is 0 Å². The average molecular weight is 127 g/mol. The smallest absolute Gasteiger partial charge is 0.357 e. The van der Waals surface area contributed by atoms with E-state index in [0.29, 0.717) is 0 Å². The predicted octanol–water partition coefficient (Wildman–Crippen LogP) is -0.362. The predicted molar refractivity (Wildman–Crippen MR) is 27.0 cm³/mol. The Balaban J connectivity index is 0. The number of hydrogen-bond donors (Lipinski definition) is 2. The largest absolute Gasteiger partial charge is 0.425 e. The van der Waals surface area contributed by atoms with E-state index in [1.165, 1.54) is 7.05 Å². The first-order valence-corrected chi connectivity index (χ1v) is 1.39. The second-order valence-corrected chi connectivity index (χ2v) is 0.655. The van der Waals surface area contributed by atoms with Crippen LogP contribution in [0.25, 0.3) is 0 Å². The molecule has 4 nitrogen and oxygen atoms in total. The SMILES string of the molecule is CNC(=O)ON.Cl. The Bertz CT molecular complexity index is 51.7. The van der Waals surface area contributed by atoms with Gasteiger partial charge in [0.15, 0.2) is 0 Å². The van der Waals surface area contributed by atoms with Crippen LogP contribution in [0.5, 0.6) is 0 Å². The molecule has 1 amide bonds. The highest BCUT2D eigenvalue weighted by Crippen LogP contribution is 1.57. The number of amides is 1. The van der Waals surface area contributed by atoms with Crippen LogP contribution < -0.4 is 11.2 Å². The molecule has 0 fully saturated rings. The van der Waals surface area contributed by atoms with Crippen LogP contribution in [0, 0.1) is 0 Å². The summed E-state index contributed by atoms with van der Waals surface area (Å²) in [6, 6.07) is 0. The van der Waals surface area contributed by atoms with Gasteiger partial charge >= 0.3 is 6.09 Å². The van der Waals surface area contributed by atoms with Crippen LogP contribution in [0.15, 0.2) is 0 Å². The Hall–Kier alpha value is -0.480. The Morgan fingerprint density at radius 1 is 1.86 bits per heavy atom. The second kappa shape index (κ2) is 5.52. The fourth-order valence-electron chi connectivity index (χ4n) is 0.0589. The molecule has 0 saturated heterocycles. The van der Waals surface area contributed by atoms with Crippen molar-refractivity contribution in [3.63, 3.8) is 0 Å². The molecule has 0 heterocycles. The summed E-state index contributed by atoms with van der Waals surface area (Å²) in [6.45, 7) is 0. The lowest BCUT2D eigenvalue weighted by Gasteiger charge is -1.89. The first kappa shape index (κ1) is 9.72. The van der Waals surface area contributed by atoms with E-state index in [1.54, 1.807) is 0 Å². The van der Waals surface area contributed by atoms with Gasteiger partial charge in [0.1, 0.15) is 0 Å². The zero-order valence-corrected chi connectivity index (χ0v) is 4.62. The van der Waals surface area contributed by atoms with Gasteiger partial charge in [-0.2, -0.15) is 5.90 Å². The Kier molecular flexibility index (Phi) is 7.67. The zero-order valence-electron chi connectivity index (χ0n) is 3.80. The molecule has 0 rings (SSSR count). The lowest BCUT2D eigenvalue weighted by atomic mass is 11.1. The minimum atomic E-state index is -0.630. The van der Waals surface area contributed by atoms with Crippen molar-refractivity contribution in [1.29, 1.82) is 0 Å². The Morgan fingerprint density at radius 3 is 2.29 bits per heavy atom. The molecule has 0 saturated carbocycles. The van der Waals surface area contributed by atoms with Crippen LogP contribution in [0.3, 0.4) is 0 Å². The first-order chi connectivity index (χ1) is 2.81. The van der Waals surface area contributed by atoms with Gasteiger partial charge in [-0.05, 0) is 0 Å². The van der Waals surface area contributed by atoms with Gasteiger partial charge in [0, 0.05) is 7.05 Å². The highest BCUT2D eigenvalue weighted by molar-refractivity contribution is 5.85. The standard InChI is InChI=1S/C2H6N2O2.ClH/c1-4-2(5)6-3;/h3H2,1H3,(H,4,5);1H. The Morgan fingerprint density at radius 2 is 2.29 bits per heavy atom. The van der Waals surface area contributed by atoms with Gasteiger partial charge in [-0.1, -0.05) is 0 Å². The van der Waals surface area contributed by atoms with Gasteiger partial charge in [0.25, 0.3) is 0 Å². The minimum Gasteiger partial charge on any atom is -0.357 e. The molecule has 0 spiro atoms. The van der Waals surface area contributed by atoms with Crippen molar-refractivity contribution in [2.75, 3.05) is 7.05 Å². The second-order valence-electron chi connectivity index (χ2n) is 0.655. The molecule has 5 heteroatoms. The minimum absolute atomic E-state index is 0. The van der Waals surface area contributed by atoms with Gasteiger partial charge < -0.3 is 10.2 Å². The molecule has 3 N–H and O–H groups in total. The van der Waals surface area contributed by atoms with Crippen LogP contribution in [0.4, 0.5) is 4.79 Å². The normalized spacial score (nSPS) is 6.00. The summed E-state index contributed by atoms with van der Waals surface area (Å²) in [5, 5.41) is 2.13. The van der Waals surface area contributed by atoms with Crippen molar-refractivity contribution in [2.45, 2.75) is 0 Å². The van der Waals surface area contributed by atoms with E-state index in [-0.39, 0.29) is 12.4 Å². The number of nitrogens with two attached hydrogens (primary N) is 1. The van der Waals surface area contributed by atoms with Crippen LogP contribution in [-0.4, -0.2) is 13.1 Å². The summed E-state index contributed by atoms with van der Waals surface area (Å²) in [5.41, 5.74) is 0. The lowest BCUT2D eigenvalue weighted by Crippen LogP contribution is -2.22. The molecule has 0 atom stereocenters. The van der Waals surface area contributed by atoms with Crippen LogP contribution in [0.1, 0.15) is 0 Å². The quantitative estimate of drug-likeness (QED) is 0.436. The van der Waals surface area contributed by atoms with Gasteiger partial charge in [-0.15, -0.1) is 12.4 Å². The van der Waals surface area contributed by atoms with Crippen molar-refractivity contribution < 1.29 is 9.63 Å². The summed E-state index contributed by atoms with van der Waals surface area (Å²) < 4.78 is 0. The van der Waals surface area contributed by atoms with E-state index in [2.05, 4.69) is 16.1 Å². The van der Waals surface area contributed by atoms with Crippen LogP contribution >= 0.6 is 12.4 Å². The van der Waals surface area contributed by atoms with Crippen molar-refractivity contribution in [3.05, 3.63) is 0 Å². The summed E-state index contributed by atoms with van der Waals surface area (Å²) >= 11 is 0. The van der Waals surface area contributed by atoms with Crippen LogP contribution in [0.2, 0.25) is 0 Å². The zero-order chi connectivity index (χ0) is 4.99. The molecule has 0 radical (unpaired) electrons. The molecule has 0 aromatic rings. The van der Waals surface area contributed by atoms with E-state index in [1.807, 2.05) is 0 Å². The molecule has 0 bridgehead atoms. The van der Waals surface area contributed by atoms with Gasteiger partial charge in [-0.25, -0.2) is 4.79 Å². The topological polar surface area (TPSA) is 64.3 Å². The molecule has 0 aromatic heterocycles. The first-order valence-electron chi connectivity index (χ1n) is 1.39. The van der Waals surface area contributed by atoms with E-state index < -0.39 is 6.09 Å². The maximum Gasteiger partial charge on any atom is 0.425 e. The number of rotatable bonds is 0. The van der Waals surface area contributed by atoms with E-state index in [4.69, 9.17) is 0 Å². The molecule has 0 aliphatic rings. The number of nitrogens with one attached hydrogen (secondary N) is 1. The molecular formula is C2H7ClN2O2. The number of halogens is 1. The van der Waals surface area contributed by atoms with Crippen molar-refractivity contribution in [3.8, 4) is 0 Å². The van der Waals surface area contributed by atoms with E-state index in [9.17, 15) is 4.79 Å². The maximum absolute atomic E-state index is 9.72. The molecule has 0 aliphatic heterocycles. The third-order valence-electron chi connectivity index (χ3n) is 0.311. The molecular weight excluding hydrogens is 119 g/mol. The van der Waals surface area contributed by atoms with Crippen molar-refractivity contribution in [2.24, 2.45) is 5.90 Å². The highest BCUT2D eigenvalue weighted by Gasteiger charge is 1.86. The third kappa shape index (κ3) is 5.52. The maximum atomic E-state index is 9.72. The molecule has 44 valence electrons. The lowest BCUT2D eigenvalue weighted by molar-refractivity contribution is 0.150. The fourth-order valence-corrected chi connectivity index (χ4v) is 0.0589. The monoisotopic (exact) mass is 126 g/mol. The number of hydrogen-bond acceptors (Lipinski definition) is 3. The number of carbonyl (C=O) groups is 1. The molecule has 0 aliphatic carbocycles. The van der Waals surface area contributed by atoms with E-state index in [0.717, 1.165) is 0 Å². The number of carbonyl (C=O) groups excluding carboxylic acids is 1. The van der Waals surface area contributed by atoms with Crippen molar-refractivity contribution in [1.82, 2.24) is 5.32 Å². The van der Waals surface area contributed by atoms with Crippen molar-refractivity contribution >= 4 is 18.5 Å². The molecule has 0 aromatic carbocycles. The average Bonchev–Trinajstić information content (AvgIpc) is 1.65.